The van der Waals surface area contributed by atoms with Crippen LogP contribution in [0.2, 0.25) is 0 Å². The van der Waals surface area contributed by atoms with Gasteiger partial charge in [0.05, 0.1) is 22.9 Å². The van der Waals surface area contributed by atoms with Gasteiger partial charge in [-0.05, 0) is 55.9 Å². The molecule has 0 radical (unpaired) electrons. The molecule has 2 aromatic heterocycles. The number of aliphatic hydroxyl groups is 1. The van der Waals surface area contributed by atoms with Gasteiger partial charge in [-0.3, -0.25) is 9.48 Å². The van der Waals surface area contributed by atoms with Crippen LogP contribution in [0.1, 0.15) is 47.9 Å². The Bertz CT molecular complexity index is 1150. The summed E-state index contributed by atoms with van der Waals surface area (Å²) in [6.45, 7) is 0.212. The Morgan fingerprint density at radius 1 is 1.21 bits per heavy atom. The highest BCUT2D eigenvalue weighted by Gasteiger charge is 2.33. The molecule has 4 rings (SSSR count). The fraction of sp³-hybridized carbons (Fsp3) is 0.435. The van der Waals surface area contributed by atoms with Crippen molar-refractivity contribution in [3.63, 3.8) is 0 Å². The van der Waals surface area contributed by atoms with Crippen LogP contribution in [0.5, 0.6) is 0 Å². The molecule has 0 spiro atoms. The number of carbonyl (C=O) groups is 1. The van der Waals surface area contributed by atoms with E-state index in [0.29, 0.717) is 17.3 Å². The summed E-state index contributed by atoms with van der Waals surface area (Å²) >= 11 is 0. The zero-order valence-corrected chi connectivity index (χ0v) is 18.4. The summed E-state index contributed by atoms with van der Waals surface area (Å²) in [5.74, 6) is -0.379. The van der Waals surface area contributed by atoms with E-state index in [1.54, 1.807) is 11.0 Å². The summed E-state index contributed by atoms with van der Waals surface area (Å²) in [6.07, 6.45) is 1.07. The summed E-state index contributed by atoms with van der Waals surface area (Å²) in [6, 6.07) is 7.11. The summed E-state index contributed by atoms with van der Waals surface area (Å²) in [4.78, 5) is 18.0. The van der Waals surface area contributed by atoms with Gasteiger partial charge in [-0.2, -0.15) is 18.3 Å². The summed E-state index contributed by atoms with van der Waals surface area (Å²) in [5, 5.41) is 17.6. The molecule has 1 saturated carbocycles. The number of benzene rings is 1. The Labute approximate surface area is 189 Å². The van der Waals surface area contributed by atoms with E-state index in [0.717, 1.165) is 48.7 Å². The molecule has 1 aliphatic carbocycles. The van der Waals surface area contributed by atoms with E-state index < -0.39 is 17.8 Å². The molecule has 0 unspecified atom stereocenters. The van der Waals surface area contributed by atoms with Gasteiger partial charge in [0.2, 0.25) is 0 Å². The van der Waals surface area contributed by atoms with Gasteiger partial charge in [-0.1, -0.05) is 6.07 Å². The minimum absolute atomic E-state index is 0.212. The highest BCUT2D eigenvalue weighted by molar-refractivity contribution is 6.06. The topological polar surface area (TPSA) is 83.3 Å². The molecule has 2 heterocycles. The summed E-state index contributed by atoms with van der Waals surface area (Å²) < 4.78 is 40.9. The molecule has 3 aromatic rings. The van der Waals surface area contributed by atoms with Gasteiger partial charge in [0.1, 0.15) is 11.4 Å². The number of hydrogen-bond donors (Lipinski definition) is 2. The summed E-state index contributed by atoms with van der Waals surface area (Å²) in [5.41, 5.74) is 0.470. The monoisotopic (exact) mass is 461 g/mol. The number of nitrogens with zero attached hydrogens (tertiary/aromatic N) is 4. The van der Waals surface area contributed by atoms with Gasteiger partial charge in [0.25, 0.3) is 5.91 Å². The minimum atomic E-state index is -4.63. The molecule has 0 aliphatic heterocycles. The molecule has 7 nitrogen and oxygen atoms in total. The number of carbonyl (C=O) groups excluding carboxylic acids is 1. The SMILES string of the molecule is CN(C)c1cc2nn([C@H]3CC[C@H](CO)CC3)cc2cc1NC(=O)c1cccc(C(F)(F)F)n1. The molecule has 176 valence electrons. The molecule has 0 bridgehead atoms. The van der Waals surface area contributed by atoms with Crippen molar-refractivity contribution < 1.29 is 23.1 Å². The van der Waals surface area contributed by atoms with E-state index in [-0.39, 0.29) is 18.3 Å². The van der Waals surface area contributed by atoms with E-state index in [1.165, 1.54) is 6.07 Å². The number of anilines is 2. The third kappa shape index (κ3) is 4.95. The molecule has 0 saturated heterocycles. The maximum absolute atomic E-state index is 13.0. The normalized spacial score (nSPS) is 19.0. The Morgan fingerprint density at radius 2 is 1.94 bits per heavy atom. The largest absolute Gasteiger partial charge is 0.433 e. The molecule has 1 aromatic carbocycles. The Balaban J connectivity index is 1.62. The lowest BCUT2D eigenvalue weighted by Crippen LogP contribution is -2.20. The fourth-order valence-electron chi connectivity index (χ4n) is 4.23. The van der Waals surface area contributed by atoms with Gasteiger partial charge < -0.3 is 15.3 Å². The van der Waals surface area contributed by atoms with E-state index in [2.05, 4.69) is 10.3 Å². The van der Waals surface area contributed by atoms with Crippen LogP contribution in [0, 0.1) is 5.92 Å². The van der Waals surface area contributed by atoms with Crippen molar-refractivity contribution in [3.8, 4) is 0 Å². The minimum Gasteiger partial charge on any atom is -0.396 e. The Hall–Kier alpha value is -3.14. The number of hydrogen-bond acceptors (Lipinski definition) is 5. The van der Waals surface area contributed by atoms with Gasteiger partial charge in [0, 0.05) is 32.3 Å². The second-order valence-corrected chi connectivity index (χ2v) is 8.65. The molecule has 1 amide bonds. The van der Waals surface area contributed by atoms with Crippen LogP contribution in [0.15, 0.2) is 36.5 Å². The van der Waals surface area contributed by atoms with Crippen molar-refractivity contribution in [1.29, 1.82) is 0 Å². The van der Waals surface area contributed by atoms with Crippen LogP contribution in [-0.4, -0.2) is 46.5 Å². The first-order chi connectivity index (χ1) is 15.7. The second kappa shape index (κ2) is 9.01. The predicted octanol–water partition coefficient (Wildman–Crippen LogP) is 4.49. The van der Waals surface area contributed by atoms with Crippen LogP contribution in [0.4, 0.5) is 24.5 Å². The van der Waals surface area contributed by atoms with E-state index >= 15 is 0 Å². The number of fused-ring (bicyclic) bond motifs is 1. The number of alkyl halides is 3. The third-order valence-corrected chi connectivity index (χ3v) is 6.09. The van der Waals surface area contributed by atoms with Crippen molar-refractivity contribution in [2.45, 2.75) is 37.9 Å². The molecule has 0 atom stereocenters. The summed E-state index contributed by atoms with van der Waals surface area (Å²) in [7, 11) is 3.62. The lowest BCUT2D eigenvalue weighted by Gasteiger charge is -2.27. The van der Waals surface area contributed by atoms with Crippen molar-refractivity contribution in [2.75, 3.05) is 30.9 Å². The fourth-order valence-corrected chi connectivity index (χ4v) is 4.23. The van der Waals surface area contributed by atoms with Crippen LogP contribution >= 0.6 is 0 Å². The van der Waals surface area contributed by atoms with Gasteiger partial charge >= 0.3 is 6.18 Å². The maximum atomic E-state index is 13.0. The smallest absolute Gasteiger partial charge is 0.396 e. The number of pyridine rings is 1. The average molecular weight is 461 g/mol. The number of aliphatic hydroxyl groups excluding tert-OH is 1. The average Bonchev–Trinajstić information content (AvgIpc) is 3.21. The number of aromatic nitrogens is 3. The van der Waals surface area contributed by atoms with E-state index in [9.17, 15) is 23.1 Å². The van der Waals surface area contributed by atoms with E-state index in [1.807, 2.05) is 31.0 Å². The lowest BCUT2D eigenvalue weighted by atomic mass is 9.87. The zero-order valence-electron chi connectivity index (χ0n) is 18.4. The van der Waals surface area contributed by atoms with Crippen LogP contribution in [0.3, 0.4) is 0 Å². The lowest BCUT2D eigenvalue weighted by molar-refractivity contribution is -0.141. The second-order valence-electron chi connectivity index (χ2n) is 8.65. The first-order valence-electron chi connectivity index (χ1n) is 10.8. The van der Waals surface area contributed by atoms with Crippen LogP contribution < -0.4 is 10.2 Å². The molecular formula is C23H26F3N5O2. The zero-order chi connectivity index (χ0) is 23.8. The Morgan fingerprint density at radius 3 is 2.58 bits per heavy atom. The van der Waals surface area contributed by atoms with Gasteiger partial charge in [-0.15, -0.1) is 0 Å². The van der Waals surface area contributed by atoms with Crippen molar-refractivity contribution in [2.24, 2.45) is 5.92 Å². The molecular weight excluding hydrogens is 435 g/mol. The van der Waals surface area contributed by atoms with Crippen LogP contribution in [0.25, 0.3) is 10.9 Å². The molecule has 1 aliphatic rings. The van der Waals surface area contributed by atoms with Crippen molar-refractivity contribution >= 4 is 28.2 Å². The number of nitrogens with one attached hydrogen (secondary N) is 1. The molecule has 2 N–H and O–H groups in total. The Kier molecular flexibility index (Phi) is 6.29. The highest BCUT2D eigenvalue weighted by Crippen LogP contribution is 2.35. The highest BCUT2D eigenvalue weighted by atomic mass is 19.4. The number of amides is 1. The van der Waals surface area contributed by atoms with Crippen LogP contribution in [-0.2, 0) is 6.18 Å². The van der Waals surface area contributed by atoms with Crippen molar-refractivity contribution in [3.05, 3.63) is 47.9 Å². The molecule has 33 heavy (non-hydrogen) atoms. The molecule has 1 fully saturated rings. The standard InChI is InChI=1S/C23H26F3N5O2/c1-30(2)20-11-18-15(12-31(29-18)16-8-6-14(13-32)7-9-16)10-19(20)28-22(33)17-4-3-5-21(27-17)23(24,25)26/h3-5,10-12,14,16,32H,6-9,13H2,1-2H3,(H,28,33)/t14-,16-. The third-order valence-electron chi connectivity index (χ3n) is 6.09. The quantitative estimate of drug-likeness (QED) is 0.585. The first-order valence-corrected chi connectivity index (χ1v) is 10.8. The maximum Gasteiger partial charge on any atom is 0.433 e. The van der Waals surface area contributed by atoms with Gasteiger partial charge in [0.15, 0.2) is 0 Å². The number of rotatable bonds is 5. The first kappa shape index (κ1) is 23.0. The number of halogens is 3. The predicted molar refractivity (Wildman–Crippen MR) is 119 cm³/mol. The molecule has 10 heteroatoms. The van der Waals surface area contributed by atoms with Crippen molar-refractivity contribution in [1.82, 2.24) is 14.8 Å². The van der Waals surface area contributed by atoms with Gasteiger partial charge in [-0.25, -0.2) is 4.98 Å². The van der Waals surface area contributed by atoms with E-state index in [4.69, 9.17) is 5.10 Å².